The zero-order valence-electron chi connectivity index (χ0n) is 28.4. The Balaban J connectivity index is 1.21. The third-order valence-corrected chi connectivity index (χ3v) is 11.2. The third kappa shape index (κ3) is 7.16. The fourth-order valence-electron chi connectivity index (χ4n) is 8.83. The van der Waals surface area contributed by atoms with Crippen LogP contribution in [0, 0.1) is 38.7 Å². The van der Waals surface area contributed by atoms with E-state index in [2.05, 4.69) is 10.9 Å². The van der Waals surface area contributed by atoms with Crippen LogP contribution >= 0.6 is 0 Å². The molecule has 1 N–H and O–H groups in total. The zero-order valence-corrected chi connectivity index (χ0v) is 28.4. The van der Waals surface area contributed by atoms with Crippen LogP contribution in [0.5, 0.6) is 0 Å². The Bertz CT molecular complexity index is 1580. The summed E-state index contributed by atoms with van der Waals surface area (Å²) in [5.41, 5.74) is -1.10. The molecule has 5 rings (SSSR count). The molecular formula is C36H43NO13. The Labute approximate surface area is 289 Å². The van der Waals surface area contributed by atoms with E-state index in [1.54, 1.807) is 37.3 Å². The molecule has 7 atom stereocenters. The second kappa shape index (κ2) is 14.7. The second-order valence-electron chi connectivity index (χ2n) is 13.9. The van der Waals surface area contributed by atoms with Gasteiger partial charge in [-0.3, -0.25) is 19.2 Å². The highest BCUT2D eigenvalue weighted by Crippen LogP contribution is 2.67. The largest absolute Gasteiger partial charge is 0.509 e. The summed E-state index contributed by atoms with van der Waals surface area (Å²) in [4.78, 5) is 78.7. The van der Waals surface area contributed by atoms with Gasteiger partial charge in [-0.05, 0) is 61.6 Å². The van der Waals surface area contributed by atoms with Gasteiger partial charge in [-0.15, -0.1) is 10.1 Å². The van der Waals surface area contributed by atoms with Crippen LogP contribution in [0.15, 0.2) is 48.1 Å². The zero-order chi connectivity index (χ0) is 36.3. The molecule has 4 aliphatic carbocycles. The maximum atomic E-state index is 14.1. The number of ketones is 2. The molecule has 0 unspecified atom stereocenters. The van der Waals surface area contributed by atoms with E-state index in [4.69, 9.17) is 18.9 Å². The summed E-state index contributed by atoms with van der Waals surface area (Å²) in [5.74, 6) is -2.51. The molecule has 0 heterocycles. The quantitative estimate of drug-likeness (QED) is 0.0994. The van der Waals surface area contributed by atoms with Gasteiger partial charge in [-0.2, -0.15) is 0 Å². The number of allylic oxidation sites excluding steroid dienone is 4. The van der Waals surface area contributed by atoms with Gasteiger partial charge in [0.1, 0.15) is 13.2 Å². The van der Waals surface area contributed by atoms with Crippen LogP contribution in [0.1, 0.15) is 76.8 Å². The highest BCUT2D eigenvalue weighted by atomic mass is 16.9. The van der Waals surface area contributed by atoms with Gasteiger partial charge in [-0.25, -0.2) is 4.79 Å². The number of aliphatic hydroxyl groups is 1. The van der Waals surface area contributed by atoms with E-state index < -0.39 is 58.1 Å². The lowest BCUT2D eigenvalue weighted by Crippen LogP contribution is -2.63. The first-order valence-corrected chi connectivity index (χ1v) is 16.9. The van der Waals surface area contributed by atoms with Gasteiger partial charge in [0.25, 0.3) is 5.09 Å². The monoisotopic (exact) mass is 697 g/mol. The molecule has 0 saturated heterocycles. The second-order valence-corrected chi connectivity index (χ2v) is 13.9. The van der Waals surface area contributed by atoms with Gasteiger partial charge in [0, 0.05) is 23.2 Å². The van der Waals surface area contributed by atoms with Crippen molar-refractivity contribution in [2.24, 2.45) is 28.6 Å². The predicted octanol–water partition coefficient (Wildman–Crippen LogP) is 4.52. The summed E-state index contributed by atoms with van der Waals surface area (Å²) in [6.07, 6.45) is 4.70. The fraction of sp³-hybridized carbons (Fsp3) is 0.583. The molecule has 0 amide bonds. The maximum absolute atomic E-state index is 14.1. The summed E-state index contributed by atoms with van der Waals surface area (Å²) in [7, 11) is 0. The predicted molar refractivity (Wildman–Crippen MR) is 172 cm³/mol. The fourth-order valence-corrected chi connectivity index (χ4v) is 8.83. The number of carbonyl (C=O) groups is 5. The number of hydrogen-bond acceptors (Lipinski definition) is 13. The summed E-state index contributed by atoms with van der Waals surface area (Å²) in [5, 5.41) is 21.2. The Kier molecular flexibility index (Phi) is 10.8. The number of hydrogen-bond donors (Lipinski definition) is 1. The van der Waals surface area contributed by atoms with Crippen molar-refractivity contribution in [2.45, 2.75) is 90.6 Å². The van der Waals surface area contributed by atoms with Crippen LogP contribution in [-0.2, 0) is 56.2 Å². The van der Waals surface area contributed by atoms with E-state index in [-0.39, 0.29) is 69.0 Å². The van der Waals surface area contributed by atoms with Crippen molar-refractivity contribution >= 4 is 29.7 Å². The topological polar surface area (TPSA) is 195 Å². The Hall–Kier alpha value is -4.59. The molecule has 14 heteroatoms. The number of carbonyl (C=O) groups excluding carboxylic acids is 5. The summed E-state index contributed by atoms with van der Waals surface area (Å²) < 4.78 is 21.5. The van der Waals surface area contributed by atoms with Gasteiger partial charge in [-0.1, -0.05) is 55.8 Å². The number of Topliss-reactive ketones (excluding diaryl/α,β-unsaturated/α-hetero) is 1. The van der Waals surface area contributed by atoms with Gasteiger partial charge in [0.15, 0.2) is 18.0 Å². The molecule has 0 bridgehead atoms. The van der Waals surface area contributed by atoms with Crippen LogP contribution in [0.3, 0.4) is 0 Å². The SMILES string of the molecule is CCOC(=O)O[C@]1(C(=O)COC(=O)CCC(=O)OCc2ccc(CO[N+](=O)[O-])cc2)CC[C@H]2[C@@H]3CC=C4CC(=O)C=C[C@]4(C)[C@H]3[C@@H](O)C[C@@]21C. The van der Waals surface area contributed by atoms with E-state index in [0.717, 1.165) is 5.57 Å². The Morgan fingerprint density at radius 1 is 1.00 bits per heavy atom. The lowest BCUT2D eigenvalue weighted by atomic mass is 9.47. The lowest BCUT2D eigenvalue weighted by molar-refractivity contribution is -0.763. The molecule has 0 aromatic heterocycles. The van der Waals surface area contributed by atoms with Crippen LogP contribution in [0.2, 0.25) is 0 Å². The molecule has 2 fully saturated rings. The van der Waals surface area contributed by atoms with Gasteiger partial charge >= 0.3 is 18.1 Å². The van der Waals surface area contributed by atoms with Crippen molar-refractivity contribution in [3.63, 3.8) is 0 Å². The van der Waals surface area contributed by atoms with Crippen molar-refractivity contribution in [3.8, 4) is 0 Å². The summed E-state index contributed by atoms with van der Waals surface area (Å²) in [6.45, 7) is 4.50. The minimum absolute atomic E-state index is 0.0167. The molecule has 2 saturated carbocycles. The summed E-state index contributed by atoms with van der Waals surface area (Å²) in [6, 6.07) is 6.44. The number of ether oxygens (including phenoxy) is 4. The standard InChI is InChI=1S/C36H43NO13/c1-4-46-33(43)50-36(16-14-27-26-10-9-24-17-25(38)13-15-34(24,2)32(26)28(39)18-35(27,36)3)29(40)21-48-31(42)12-11-30(41)47-19-22-5-7-23(8-6-22)20-49-37(44)45/h5-9,13,15,26-28,32,39H,4,10-12,14,16-21H2,1-3H3/t26-,27-,28-,32+,34-,35-,36-/m0/s1. The Morgan fingerprint density at radius 3 is 2.32 bits per heavy atom. The average molecular weight is 698 g/mol. The van der Waals surface area contributed by atoms with Crippen molar-refractivity contribution < 1.29 is 58.0 Å². The van der Waals surface area contributed by atoms with Crippen LogP contribution in [-0.4, -0.2) is 64.8 Å². The van der Waals surface area contributed by atoms with Crippen molar-refractivity contribution in [1.29, 1.82) is 0 Å². The smallest absolute Gasteiger partial charge is 0.461 e. The molecular weight excluding hydrogens is 654 g/mol. The minimum Gasteiger partial charge on any atom is -0.461 e. The van der Waals surface area contributed by atoms with E-state index >= 15 is 0 Å². The number of esters is 2. The van der Waals surface area contributed by atoms with E-state index in [0.29, 0.717) is 30.4 Å². The molecule has 0 spiro atoms. The number of benzene rings is 1. The van der Waals surface area contributed by atoms with Gasteiger partial charge in [0.05, 0.1) is 25.6 Å². The maximum Gasteiger partial charge on any atom is 0.509 e. The van der Waals surface area contributed by atoms with Crippen LogP contribution in [0.25, 0.3) is 0 Å². The molecule has 0 aliphatic heterocycles. The summed E-state index contributed by atoms with van der Waals surface area (Å²) >= 11 is 0. The first-order valence-electron chi connectivity index (χ1n) is 16.9. The number of nitrogens with zero attached hydrogens (tertiary/aromatic N) is 1. The molecule has 1 aromatic carbocycles. The number of aliphatic hydroxyl groups excluding tert-OH is 1. The number of rotatable bonds is 13. The lowest BCUT2D eigenvalue weighted by Gasteiger charge is -2.59. The van der Waals surface area contributed by atoms with Gasteiger partial charge in [0.2, 0.25) is 5.78 Å². The van der Waals surface area contributed by atoms with Gasteiger partial charge < -0.3 is 28.9 Å². The molecule has 270 valence electrons. The third-order valence-electron chi connectivity index (χ3n) is 11.2. The van der Waals surface area contributed by atoms with E-state index in [9.17, 15) is 39.2 Å². The van der Waals surface area contributed by atoms with Crippen LogP contribution < -0.4 is 0 Å². The van der Waals surface area contributed by atoms with E-state index in [1.165, 1.54) is 0 Å². The van der Waals surface area contributed by atoms with Crippen molar-refractivity contribution in [1.82, 2.24) is 0 Å². The van der Waals surface area contributed by atoms with Crippen LogP contribution in [0.4, 0.5) is 4.79 Å². The first kappa shape index (κ1) is 36.7. The first-order chi connectivity index (χ1) is 23.7. The molecule has 14 nitrogen and oxygen atoms in total. The van der Waals surface area contributed by atoms with Crippen molar-refractivity contribution in [3.05, 3.63) is 69.3 Å². The molecule has 1 aromatic rings. The highest BCUT2D eigenvalue weighted by molar-refractivity contribution is 5.94. The van der Waals surface area contributed by atoms with E-state index in [1.807, 2.05) is 19.9 Å². The van der Waals surface area contributed by atoms with Crippen molar-refractivity contribution in [2.75, 3.05) is 13.2 Å². The number of fused-ring (bicyclic) bond motifs is 5. The normalized spacial score (nSPS) is 30.9. The minimum atomic E-state index is -1.73. The molecule has 4 aliphatic rings. The Morgan fingerprint density at radius 2 is 1.66 bits per heavy atom. The highest BCUT2D eigenvalue weighted by Gasteiger charge is 2.70. The molecule has 50 heavy (non-hydrogen) atoms. The average Bonchev–Trinajstić information content (AvgIpc) is 3.36. The molecule has 0 radical (unpaired) electrons.